The predicted molar refractivity (Wildman–Crippen MR) is 134 cm³/mol. The van der Waals surface area contributed by atoms with Gasteiger partial charge in [0.25, 0.3) is 0 Å². The molecule has 1 heterocycles. The highest BCUT2D eigenvalue weighted by Crippen LogP contribution is 2.30. The number of rotatable bonds is 4. The molecule has 3 nitrogen and oxygen atoms in total. The molecule has 0 fully saturated rings. The lowest BCUT2D eigenvalue weighted by molar-refractivity contribution is 0.0601. The summed E-state index contributed by atoms with van der Waals surface area (Å²) in [5.74, 6) is -0.347. The van der Waals surface area contributed by atoms with Gasteiger partial charge in [0.15, 0.2) is 0 Å². The number of aryl methyl sites for hydroxylation is 1. The van der Waals surface area contributed by atoms with Gasteiger partial charge in [-0.3, -0.25) is 0 Å². The Kier molecular flexibility index (Phi) is 5.45. The van der Waals surface area contributed by atoms with Crippen LogP contribution in [0, 0.1) is 6.92 Å². The van der Waals surface area contributed by atoms with Crippen molar-refractivity contribution in [3.8, 4) is 33.5 Å². The molecule has 4 aromatic carbocycles. The van der Waals surface area contributed by atoms with Crippen LogP contribution in [0.2, 0.25) is 0 Å². The van der Waals surface area contributed by atoms with Gasteiger partial charge >= 0.3 is 5.97 Å². The zero-order valence-corrected chi connectivity index (χ0v) is 18.6. The first-order chi connectivity index (χ1) is 16.1. The fourth-order valence-electron chi connectivity index (χ4n) is 4.15. The Morgan fingerprint density at radius 2 is 1.42 bits per heavy atom. The second-order valence-electron chi connectivity index (χ2n) is 8.09. The highest BCUT2D eigenvalue weighted by atomic mass is 16.5. The molecule has 1 aromatic heterocycles. The van der Waals surface area contributed by atoms with Crippen LogP contribution >= 0.6 is 0 Å². The van der Waals surface area contributed by atoms with Crippen molar-refractivity contribution >= 4 is 16.9 Å². The molecule has 0 saturated heterocycles. The van der Waals surface area contributed by atoms with Crippen molar-refractivity contribution < 1.29 is 9.53 Å². The molecule has 0 spiro atoms. The van der Waals surface area contributed by atoms with Crippen LogP contribution in [-0.4, -0.2) is 18.1 Å². The average Bonchev–Trinajstić information content (AvgIpc) is 2.87. The molecule has 0 atom stereocenters. The van der Waals surface area contributed by atoms with E-state index in [2.05, 4.69) is 67.6 Å². The highest BCUT2D eigenvalue weighted by Gasteiger charge is 2.13. The number of nitrogens with zero attached hydrogens (tertiary/aromatic N) is 1. The lowest BCUT2D eigenvalue weighted by Crippen LogP contribution is -2.03. The van der Waals surface area contributed by atoms with Crippen LogP contribution in [0.1, 0.15) is 15.9 Å². The summed E-state index contributed by atoms with van der Waals surface area (Å²) in [5, 5.41) is 1.05. The quantitative estimate of drug-likeness (QED) is 0.281. The minimum absolute atomic E-state index is 0.347. The molecular formula is C30H23NO2. The predicted octanol–water partition coefficient (Wildman–Crippen LogP) is 7.33. The number of fused-ring (bicyclic) bond motifs is 1. The Morgan fingerprint density at radius 3 is 2.24 bits per heavy atom. The van der Waals surface area contributed by atoms with Gasteiger partial charge in [-0.25, -0.2) is 9.78 Å². The van der Waals surface area contributed by atoms with Gasteiger partial charge in [-0.1, -0.05) is 84.4 Å². The molecule has 0 radical (unpaired) electrons. The van der Waals surface area contributed by atoms with E-state index < -0.39 is 0 Å². The molecule has 0 N–H and O–H groups in total. The summed E-state index contributed by atoms with van der Waals surface area (Å²) in [6, 6.07) is 34.7. The summed E-state index contributed by atoms with van der Waals surface area (Å²) in [6.45, 7) is 2.11. The number of benzene rings is 4. The maximum absolute atomic E-state index is 12.2. The molecule has 5 rings (SSSR count). The topological polar surface area (TPSA) is 39.2 Å². The Hall–Kier alpha value is -4.24. The number of carbonyl (C=O) groups is 1. The summed E-state index contributed by atoms with van der Waals surface area (Å²) < 4.78 is 4.96. The normalized spacial score (nSPS) is 10.8. The minimum atomic E-state index is -0.347. The van der Waals surface area contributed by atoms with E-state index in [-0.39, 0.29) is 5.97 Å². The van der Waals surface area contributed by atoms with E-state index in [4.69, 9.17) is 9.72 Å². The number of hydrogen-bond acceptors (Lipinski definition) is 3. The van der Waals surface area contributed by atoms with E-state index in [1.165, 1.54) is 23.8 Å². The summed E-state index contributed by atoms with van der Waals surface area (Å²) in [5.41, 5.74) is 8.76. The van der Waals surface area contributed by atoms with E-state index in [9.17, 15) is 4.79 Å². The van der Waals surface area contributed by atoms with E-state index in [1.807, 2.05) is 36.4 Å². The zero-order chi connectivity index (χ0) is 22.8. The first-order valence-electron chi connectivity index (χ1n) is 10.9. The lowest BCUT2D eigenvalue weighted by Gasteiger charge is -2.10. The summed E-state index contributed by atoms with van der Waals surface area (Å²) in [6.07, 6.45) is 0. The largest absolute Gasteiger partial charge is 0.465 e. The van der Waals surface area contributed by atoms with E-state index in [1.54, 1.807) is 6.07 Å². The van der Waals surface area contributed by atoms with Gasteiger partial charge in [-0.2, -0.15) is 0 Å². The molecule has 5 aromatic rings. The number of carbonyl (C=O) groups excluding carboxylic acids is 1. The zero-order valence-electron chi connectivity index (χ0n) is 18.6. The Bertz CT molecular complexity index is 1490. The molecule has 3 heteroatoms. The van der Waals surface area contributed by atoms with Gasteiger partial charge < -0.3 is 4.74 Å². The second-order valence-corrected chi connectivity index (χ2v) is 8.09. The summed E-state index contributed by atoms with van der Waals surface area (Å²) in [7, 11) is 1.40. The SMILES string of the molecule is COC(=O)c1ccccc1-c1ccc2ccc(-c3cccc(-c4cccc(C)c4)c3)nc2c1. The third-order valence-electron chi connectivity index (χ3n) is 5.85. The lowest BCUT2D eigenvalue weighted by atomic mass is 9.97. The smallest absolute Gasteiger partial charge is 0.338 e. The van der Waals surface area contributed by atoms with Gasteiger partial charge in [0, 0.05) is 10.9 Å². The third kappa shape index (κ3) is 4.13. The Labute approximate surface area is 193 Å². The van der Waals surface area contributed by atoms with Crippen molar-refractivity contribution in [2.75, 3.05) is 7.11 Å². The molecule has 0 saturated carbocycles. The standard InChI is InChI=1S/C30H23NO2/c1-20-7-5-8-22(17-20)23-9-6-10-25(18-23)28-16-15-21-13-14-24(19-29(21)31-28)26-11-3-4-12-27(26)30(32)33-2/h3-19H,1-2H3. The summed E-state index contributed by atoms with van der Waals surface area (Å²) in [4.78, 5) is 17.2. The molecule has 0 unspecified atom stereocenters. The maximum atomic E-state index is 12.2. The van der Waals surface area contributed by atoms with Gasteiger partial charge in [0.2, 0.25) is 0 Å². The van der Waals surface area contributed by atoms with E-state index in [0.29, 0.717) is 5.56 Å². The molecule has 160 valence electrons. The Balaban J connectivity index is 1.57. The van der Waals surface area contributed by atoms with Crippen molar-refractivity contribution in [1.29, 1.82) is 0 Å². The molecule has 0 aliphatic heterocycles. The maximum Gasteiger partial charge on any atom is 0.338 e. The molecule has 33 heavy (non-hydrogen) atoms. The van der Waals surface area contributed by atoms with Gasteiger partial charge in [-0.15, -0.1) is 0 Å². The average molecular weight is 430 g/mol. The number of methoxy groups -OCH3 is 1. The van der Waals surface area contributed by atoms with Gasteiger partial charge in [0.1, 0.15) is 0 Å². The van der Waals surface area contributed by atoms with Crippen molar-refractivity contribution in [1.82, 2.24) is 4.98 Å². The van der Waals surface area contributed by atoms with Crippen molar-refractivity contribution in [3.05, 3.63) is 114 Å². The number of pyridine rings is 1. The van der Waals surface area contributed by atoms with E-state index in [0.717, 1.165) is 33.3 Å². The Morgan fingerprint density at radius 1 is 0.697 bits per heavy atom. The molecular weight excluding hydrogens is 406 g/mol. The van der Waals surface area contributed by atoms with Crippen molar-refractivity contribution in [2.45, 2.75) is 6.92 Å². The fraction of sp³-hybridized carbons (Fsp3) is 0.0667. The first kappa shape index (κ1) is 20.7. The minimum Gasteiger partial charge on any atom is -0.465 e. The monoisotopic (exact) mass is 429 g/mol. The molecule has 0 amide bonds. The van der Waals surface area contributed by atoms with Gasteiger partial charge in [-0.05, 0) is 53.4 Å². The third-order valence-corrected chi connectivity index (χ3v) is 5.85. The molecule has 0 aliphatic carbocycles. The van der Waals surface area contributed by atoms with Crippen LogP contribution in [0.15, 0.2) is 103 Å². The number of ether oxygens (including phenoxy) is 1. The number of aromatic nitrogens is 1. The fourth-order valence-corrected chi connectivity index (χ4v) is 4.15. The van der Waals surface area contributed by atoms with Crippen molar-refractivity contribution in [2.24, 2.45) is 0 Å². The van der Waals surface area contributed by atoms with Crippen molar-refractivity contribution in [3.63, 3.8) is 0 Å². The molecule has 0 bridgehead atoms. The van der Waals surface area contributed by atoms with Crippen LogP contribution in [0.5, 0.6) is 0 Å². The number of hydrogen-bond donors (Lipinski definition) is 0. The van der Waals surface area contributed by atoms with Crippen LogP contribution in [-0.2, 0) is 4.74 Å². The van der Waals surface area contributed by atoms with Crippen LogP contribution in [0.25, 0.3) is 44.4 Å². The van der Waals surface area contributed by atoms with E-state index >= 15 is 0 Å². The second kappa shape index (κ2) is 8.71. The van der Waals surface area contributed by atoms with Crippen LogP contribution in [0.4, 0.5) is 0 Å². The highest BCUT2D eigenvalue weighted by molar-refractivity contribution is 5.98. The van der Waals surface area contributed by atoms with Crippen LogP contribution in [0.3, 0.4) is 0 Å². The first-order valence-corrected chi connectivity index (χ1v) is 10.9. The molecule has 0 aliphatic rings. The summed E-state index contributed by atoms with van der Waals surface area (Å²) >= 11 is 0. The van der Waals surface area contributed by atoms with Crippen LogP contribution < -0.4 is 0 Å². The number of esters is 1. The van der Waals surface area contributed by atoms with Gasteiger partial charge in [0.05, 0.1) is 23.9 Å².